The number of thioether (sulfide) groups is 1. The van der Waals surface area contributed by atoms with Gasteiger partial charge in [0.1, 0.15) is 5.82 Å². The molecule has 0 aromatic heterocycles. The molecular weight excluding hydrogens is 407 g/mol. The first kappa shape index (κ1) is 20.8. The molecule has 0 spiro atoms. The summed E-state index contributed by atoms with van der Waals surface area (Å²) in [5.74, 6) is -0.919. The summed E-state index contributed by atoms with van der Waals surface area (Å²) in [5.41, 5.74) is 1.10. The molecule has 0 N–H and O–H groups in total. The van der Waals surface area contributed by atoms with Crippen LogP contribution in [0.1, 0.15) is 18.1 Å². The first-order valence-corrected chi connectivity index (χ1v) is 9.40. The van der Waals surface area contributed by atoms with E-state index in [2.05, 4.69) is 4.74 Å². The van der Waals surface area contributed by atoms with Crippen molar-refractivity contribution in [1.29, 1.82) is 0 Å². The Balaban J connectivity index is 1.81. The van der Waals surface area contributed by atoms with E-state index in [4.69, 9.17) is 4.74 Å². The molecule has 1 fully saturated rings. The number of rotatable bonds is 7. The van der Waals surface area contributed by atoms with Crippen LogP contribution in [0, 0.1) is 5.82 Å². The number of carbonyl (C=O) groups is 2. The molecule has 0 unspecified atom stereocenters. The van der Waals surface area contributed by atoms with Gasteiger partial charge >= 0.3 is 6.61 Å². The molecular formula is C20H16F3NO4S. The number of carbonyl (C=O) groups excluding carboxylic acids is 2. The summed E-state index contributed by atoms with van der Waals surface area (Å²) in [6.07, 6.45) is 1.48. The third-order valence-electron chi connectivity index (χ3n) is 3.91. The van der Waals surface area contributed by atoms with E-state index in [0.717, 1.165) is 16.7 Å². The van der Waals surface area contributed by atoms with Crippen LogP contribution in [0.25, 0.3) is 6.08 Å². The minimum atomic E-state index is -3.00. The molecule has 0 aliphatic carbocycles. The Bertz CT molecular complexity index is 947. The maximum Gasteiger partial charge on any atom is 0.387 e. The summed E-state index contributed by atoms with van der Waals surface area (Å²) in [5, 5.41) is -0.451. The van der Waals surface area contributed by atoms with Crippen LogP contribution in [0.4, 0.5) is 18.0 Å². The summed E-state index contributed by atoms with van der Waals surface area (Å²) in [4.78, 5) is 26.1. The SMILES string of the molecule is CCOc1cc(/C=C2\SC(=O)N(Cc3ccc(F)cc3)C2=O)ccc1OC(F)F. The molecule has 0 atom stereocenters. The van der Waals surface area contributed by atoms with Gasteiger partial charge in [-0.05, 0) is 60.2 Å². The smallest absolute Gasteiger partial charge is 0.387 e. The second-order valence-electron chi connectivity index (χ2n) is 5.91. The van der Waals surface area contributed by atoms with Crippen LogP contribution in [0.15, 0.2) is 47.4 Å². The third kappa shape index (κ3) is 5.11. The maximum absolute atomic E-state index is 13.0. The van der Waals surface area contributed by atoms with Crippen molar-refractivity contribution in [3.05, 3.63) is 64.3 Å². The van der Waals surface area contributed by atoms with Gasteiger partial charge < -0.3 is 9.47 Å². The van der Waals surface area contributed by atoms with Crippen molar-refractivity contribution in [3.63, 3.8) is 0 Å². The van der Waals surface area contributed by atoms with Crippen molar-refractivity contribution >= 4 is 29.0 Å². The van der Waals surface area contributed by atoms with E-state index < -0.39 is 23.6 Å². The van der Waals surface area contributed by atoms with Gasteiger partial charge in [-0.25, -0.2) is 4.39 Å². The molecule has 2 aromatic rings. The lowest BCUT2D eigenvalue weighted by molar-refractivity contribution is -0.123. The molecule has 29 heavy (non-hydrogen) atoms. The van der Waals surface area contributed by atoms with Crippen LogP contribution in [0.2, 0.25) is 0 Å². The average molecular weight is 423 g/mol. The number of nitrogens with zero attached hydrogens (tertiary/aromatic N) is 1. The predicted octanol–water partition coefficient (Wildman–Crippen LogP) is 5.06. The highest BCUT2D eigenvalue weighted by Gasteiger charge is 2.35. The topological polar surface area (TPSA) is 55.8 Å². The van der Waals surface area contributed by atoms with Gasteiger partial charge in [-0.3, -0.25) is 14.5 Å². The molecule has 2 aromatic carbocycles. The quantitative estimate of drug-likeness (QED) is 0.583. The number of hydrogen-bond donors (Lipinski definition) is 0. The fraction of sp³-hybridized carbons (Fsp3) is 0.200. The molecule has 1 aliphatic heterocycles. The van der Waals surface area contributed by atoms with E-state index in [0.29, 0.717) is 11.1 Å². The van der Waals surface area contributed by atoms with Gasteiger partial charge in [0.2, 0.25) is 0 Å². The fourth-order valence-electron chi connectivity index (χ4n) is 2.64. The van der Waals surface area contributed by atoms with Gasteiger partial charge in [0.15, 0.2) is 11.5 Å². The van der Waals surface area contributed by atoms with Gasteiger partial charge in [-0.2, -0.15) is 8.78 Å². The summed E-state index contributed by atoms with van der Waals surface area (Å²) in [6, 6.07) is 9.75. The van der Waals surface area contributed by atoms with Crippen molar-refractivity contribution < 1.29 is 32.2 Å². The van der Waals surface area contributed by atoms with Crippen molar-refractivity contribution in [2.45, 2.75) is 20.1 Å². The molecule has 0 radical (unpaired) electrons. The lowest BCUT2D eigenvalue weighted by Gasteiger charge is -2.12. The molecule has 5 nitrogen and oxygen atoms in total. The van der Waals surface area contributed by atoms with Crippen LogP contribution in [0.3, 0.4) is 0 Å². The average Bonchev–Trinajstić information content (AvgIpc) is 2.93. The van der Waals surface area contributed by atoms with Gasteiger partial charge in [-0.1, -0.05) is 18.2 Å². The summed E-state index contributed by atoms with van der Waals surface area (Å²) in [6.45, 7) is -1.05. The Kier molecular flexibility index (Phi) is 6.48. The first-order chi connectivity index (χ1) is 13.9. The monoisotopic (exact) mass is 423 g/mol. The Labute approximate surface area is 169 Å². The third-order valence-corrected chi connectivity index (χ3v) is 4.82. The highest BCUT2D eigenvalue weighted by Crippen LogP contribution is 2.35. The minimum absolute atomic E-state index is 0.0215. The number of amides is 2. The normalized spacial score (nSPS) is 15.5. The van der Waals surface area contributed by atoms with Gasteiger partial charge in [-0.15, -0.1) is 0 Å². The Hall–Kier alpha value is -2.94. The standard InChI is InChI=1S/C20H16F3NO4S/c1-2-27-16-9-13(5-8-15(16)28-19(22)23)10-17-18(25)24(20(26)29-17)11-12-3-6-14(21)7-4-12/h3-10,19H,2,11H2,1H3/b17-10-. The van der Waals surface area contributed by atoms with E-state index in [1.807, 2.05) is 0 Å². The lowest BCUT2D eigenvalue weighted by atomic mass is 10.1. The van der Waals surface area contributed by atoms with Crippen LogP contribution in [-0.4, -0.2) is 29.3 Å². The zero-order valence-corrected chi connectivity index (χ0v) is 16.0. The van der Waals surface area contributed by atoms with Gasteiger partial charge in [0.25, 0.3) is 11.1 Å². The van der Waals surface area contributed by atoms with E-state index in [1.54, 1.807) is 6.92 Å². The molecule has 152 valence electrons. The van der Waals surface area contributed by atoms with Crippen molar-refractivity contribution in [2.75, 3.05) is 6.61 Å². The molecule has 1 aliphatic rings. The van der Waals surface area contributed by atoms with E-state index in [1.165, 1.54) is 48.5 Å². The Morgan fingerprint density at radius 1 is 1.10 bits per heavy atom. The van der Waals surface area contributed by atoms with Crippen molar-refractivity contribution in [3.8, 4) is 11.5 Å². The summed E-state index contributed by atoms with van der Waals surface area (Å²) in [7, 11) is 0. The van der Waals surface area contributed by atoms with E-state index in [-0.39, 0.29) is 29.6 Å². The molecule has 9 heteroatoms. The Morgan fingerprint density at radius 2 is 1.83 bits per heavy atom. The lowest BCUT2D eigenvalue weighted by Crippen LogP contribution is -2.27. The molecule has 0 saturated carbocycles. The second-order valence-corrected chi connectivity index (χ2v) is 6.91. The largest absolute Gasteiger partial charge is 0.490 e. The van der Waals surface area contributed by atoms with Crippen molar-refractivity contribution in [1.82, 2.24) is 4.90 Å². The zero-order chi connectivity index (χ0) is 21.0. The molecule has 0 bridgehead atoms. The van der Waals surface area contributed by atoms with Gasteiger partial charge in [0.05, 0.1) is 18.1 Å². The Morgan fingerprint density at radius 3 is 2.48 bits per heavy atom. The molecule has 1 saturated heterocycles. The predicted molar refractivity (Wildman–Crippen MR) is 102 cm³/mol. The number of halogens is 3. The second kappa shape index (κ2) is 9.04. The number of ether oxygens (including phenoxy) is 2. The first-order valence-electron chi connectivity index (χ1n) is 8.59. The van der Waals surface area contributed by atoms with Gasteiger partial charge in [0, 0.05) is 0 Å². The van der Waals surface area contributed by atoms with E-state index >= 15 is 0 Å². The van der Waals surface area contributed by atoms with Crippen LogP contribution in [-0.2, 0) is 11.3 Å². The summed E-state index contributed by atoms with van der Waals surface area (Å²) >= 11 is 0.765. The maximum atomic E-state index is 13.0. The van der Waals surface area contributed by atoms with Crippen LogP contribution < -0.4 is 9.47 Å². The molecule has 3 rings (SSSR count). The highest BCUT2D eigenvalue weighted by molar-refractivity contribution is 8.18. The van der Waals surface area contributed by atoms with E-state index in [9.17, 15) is 22.8 Å². The van der Waals surface area contributed by atoms with Crippen molar-refractivity contribution in [2.24, 2.45) is 0 Å². The number of imide groups is 1. The highest BCUT2D eigenvalue weighted by atomic mass is 32.2. The fourth-order valence-corrected chi connectivity index (χ4v) is 3.47. The number of benzene rings is 2. The van der Waals surface area contributed by atoms with Crippen LogP contribution >= 0.6 is 11.8 Å². The minimum Gasteiger partial charge on any atom is -0.490 e. The zero-order valence-electron chi connectivity index (χ0n) is 15.2. The van der Waals surface area contributed by atoms with Crippen LogP contribution in [0.5, 0.6) is 11.5 Å². The molecule has 1 heterocycles. The molecule has 2 amide bonds. The summed E-state index contributed by atoms with van der Waals surface area (Å²) < 4.78 is 47.8. The number of alkyl halides is 2. The number of hydrogen-bond acceptors (Lipinski definition) is 5.